The van der Waals surface area contributed by atoms with Crippen LogP contribution in [0.4, 0.5) is 0 Å². The maximum absolute atomic E-state index is 5.79. The number of fused-ring (bicyclic) bond motifs is 1. The predicted molar refractivity (Wildman–Crippen MR) is 81.1 cm³/mol. The minimum Gasteiger partial charge on any atom is -0.461 e. The maximum Gasteiger partial charge on any atom is 0.134 e. The molecule has 2 aromatic carbocycles. The van der Waals surface area contributed by atoms with Gasteiger partial charge in [0.05, 0.1) is 0 Å². The molecule has 3 rings (SSSR count). The van der Waals surface area contributed by atoms with Gasteiger partial charge in [-0.15, -0.1) is 0 Å². The van der Waals surface area contributed by atoms with Crippen LogP contribution in [0.3, 0.4) is 0 Å². The highest BCUT2D eigenvalue weighted by molar-refractivity contribution is 5.91. The first kappa shape index (κ1) is 11.8. The van der Waals surface area contributed by atoms with Gasteiger partial charge in [-0.2, -0.15) is 0 Å². The molecule has 1 aromatic heterocycles. The molecule has 0 spiro atoms. The van der Waals surface area contributed by atoms with Crippen LogP contribution >= 0.6 is 0 Å². The summed E-state index contributed by atoms with van der Waals surface area (Å²) in [5.41, 5.74) is 4.58. The normalized spacial score (nSPS) is 11.5. The monoisotopic (exact) mass is 248 g/mol. The van der Waals surface area contributed by atoms with Crippen molar-refractivity contribution < 1.29 is 4.42 Å². The summed E-state index contributed by atoms with van der Waals surface area (Å²) in [6, 6.07) is 16.8. The Morgan fingerprint density at radius 2 is 1.74 bits per heavy atom. The number of benzene rings is 2. The number of hydrogen-bond donors (Lipinski definition) is 0. The lowest BCUT2D eigenvalue weighted by Gasteiger charge is -2.01. The van der Waals surface area contributed by atoms with Crippen LogP contribution in [0.1, 0.15) is 18.2 Å². The number of furan rings is 1. The molecule has 0 saturated heterocycles. The molecule has 1 heterocycles. The molecule has 0 saturated carbocycles. The highest BCUT2D eigenvalue weighted by atomic mass is 16.3. The van der Waals surface area contributed by atoms with Crippen LogP contribution in [0.2, 0.25) is 0 Å². The van der Waals surface area contributed by atoms with Crippen LogP contribution in [0.5, 0.6) is 0 Å². The van der Waals surface area contributed by atoms with Crippen LogP contribution in [-0.4, -0.2) is 0 Å². The van der Waals surface area contributed by atoms with E-state index in [9.17, 15) is 0 Å². The quantitative estimate of drug-likeness (QED) is 0.588. The fourth-order valence-electron chi connectivity index (χ4n) is 2.42. The van der Waals surface area contributed by atoms with Crippen LogP contribution in [0, 0.1) is 6.92 Å². The average molecular weight is 248 g/mol. The van der Waals surface area contributed by atoms with E-state index in [0.717, 1.165) is 11.3 Å². The van der Waals surface area contributed by atoms with Crippen LogP contribution < -0.4 is 0 Å². The third-order valence-electron chi connectivity index (χ3n) is 3.35. The lowest BCUT2D eigenvalue weighted by molar-refractivity contribution is 0.577. The summed E-state index contributed by atoms with van der Waals surface area (Å²) in [6.45, 7) is 4.04. The third kappa shape index (κ3) is 2.08. The van der Waals surface area contributed by atoms with Crippen molar-refractivity contribution in [3.8, 4) is 11.1 Å². The van der Waals surface area contributed by atoms with Crippen molar-refractivity contribution in [3.63, 3.8) is 0 Å². The first-order valence-corrected chi connectivity index (χ1v) is 6.51. The van der Waals surface area contributed by atoms with E-state index >= 15 is 0 Å². The van der Waals surface area contributed by atoms with E-state index in [2.05, 4.69) is 48.5 Å². The molecule has 0 unspecified atom stereocenters. The summed E-state index contributed by atoms with van der Waals surface area (Å²) in [5, 5.41) is 1.18. The van der Waals surface area contributed by atoms with Gasteiger partial charge in [0.25, 0.3) is 0 Å². The molecule has 0 aliphatic rings. The second-order valence-corrected chi connectivity index (χ2v) is 4.65. The number of aryl methyl sites for hydroxylation is 1. The number of allylic oxidation sites excluding steroid dienone is 1. The Kier molecular flexibility index (Phi) is 2.96. The molecule has 3 aromatic rings. The van der Waals surface area contributed by atoms with Crippen molar-refractivity contribution in [2.24, 2.45) is 0 Å². The highest BCUT2D eigenvalue weighted by Crippen LogP contribution is 2.31. The van der Waals surface area contributed by atoms with Gasteiger partial charge in [-0.05, 0) is 37.1 Å². The molecule has 0 fully saturated rings. The second kappa shape index (κ2) is 4.77. The Balaban J connectivity index is 2.22. The molecular weight excluding hydrogens is 232 g/mol. The first-order chi connectivity index (χ1) is 9.29. The Bertz CT molecular complexity index is 733. The zero-order chi connectivity index (χ0) is 13.2. The van der Waals surface area contributed by atoms with E-state index in [1.165, 1.54) is 22.1 Å². The van der Waals surface area contributed by atoms with Crippen molar-refractivity contribution in [2.45, 2.75) is 13.8 Å². The summed E-state index contributed by atoms with van der Waals surface area (Å²) in [5.74, 6) is 0.971. The van der Waals surface area contributed by atoms with Crippen molar-refractivity contribution in [3.05, 3.63) is 65.9 Å². The van der Waals surface area contributed by atoms with Gasteiger partial charge in [-0.1, -0.05) is 48.6 Å². The zero-order valence-corrected chi connectivity index (χ0v) is 11.2. The van der Waals surface area contributed by atoms with Gasteiger partial charge in [0.2, 0.25) is 0 Å². The van der Waals surface area contributed by atoms with Gasteiger partial charge in [0.1, 0.15) is 11.3 Å². The van der Waals surface area contributed by atoms with Gasteiger partial charge in [-0.25, -0.2) is 0 Å². The second-order valence-electron chi connectivity index (χ2n) is 4.65. The minimum absolute atomic E-state index is 0.949. The Labute approximate surface area is 113 Å². The molecule has 0 atom stereocenters. The summed E-state index contributed by atoms with van der Waals surface area (Å²) in [6.07, 6.45) is 4.16. The zero-order valence-electron chi connectivity index (χ0n) is 11.2. The number of rotatable bonds is 2. The van der Waals surface area contributed by atoms with E-state index in [1.54, 1.807) is 0 Å². The fraction of sp³-hybridized carbons (Fsp3) is 0.111. The summed E-state index contributed by atoms with van der Waals surface area (Å²) in [7, 11) is 0. The Morgan fingerprint density at radius 3 is 2.47 bits per heavy atom. The summed E-state index contributed by atoms with van der Waals surface area (Å²) in [4.78, 5) is 0. The standard InChI is InChI=1S/C18H16O/c1-3-7-16-13(2)19-18-11-10-15(12-17(16)18)14-8-5-4-6-9-14/h3-12H,1-2H3/b7-3-. The van der Waals surface area contributed by atoms with Crippen LogP contribution in [0.15, 0.2) is 59.0 Å². The summed E-state index contributed by atoms with van der Waals surface area (Å²) < 4.78 is 5.79. The molecule has 1 heteroatoms. The van der Waals surface area contributed by atoms with E-state index in [-0.39, 0.29) is 0 Å². The van der Waals surface area contributed by atoms with Gasteiger partial charge in [0, 0.05) is 10.9 Å². The minimum atomic E-state index is 0.949. The van der Waals surface area contributed by atoms with Gasteiger partial charge in [-0.3, -0.25) is 0 Å². The van der Waals surface area contributed by atoms with Crippen molar-refractivity contribution in [2.75, 3.05) is 0 Å². The van der Waals surface area contributed by atoms with Gasteiger partial charge in [0.15, 0.2) is 0 Å². The van der Waals surface area contributed by atoms with Gasteiger partial charge < -0.3 is 4.42 Å². The predicted octanol–water partition coefficient (Wildman–Crippen LogP) is 5.44. The molecule has 0 radical (unpaired) electrons. The van der Waals surface area contributed by atoms with Crippen LogP contribution in [0.25, 0.3) is 28.2 Å². The molecule has 1 nitrogen and oxygen atoms in total. The van der Waals surface area contributed by atoms with E-state index in [1.807, 2.05) is 26.0 Å². The van der Waals surface area contributed by atoms with E-state index in [4.69, 9.17) is 4.42 Å². The van der Waals surface area contributed by atoms with Crippen molar-refractivity contribution in [1.29, 1.82) is 0 Å². The largest absolute Gasteiger partial charge is 0.461 e. The molecule has 0 N–H and O–H groups in total. The molecular formula is C18H16O. The van der Waals surface area contributed by atoms with Crippen LogP contribution in [-0.2, 0) is 0 Å². The average Bonchev–Trinajstić information content (AvgIpc) is 2.76. The smallest absolute Gasteiger partial charge is 0.134 e. The summed E-state index contributed by atoms with van der Waals surface area (Å²) >= 11 is 0. The Hall–Kier alpha value is -2.28. The molecule has 0 aliphatic carbocycles. The van der Waals surface area contributed by atoms with E-state index < -0.39 is 0 Å². The van der Waals surface area contributed by atoms with Crippen molar-refractivity contribution in [1.82, 2.24) is 0 Å². The van der Waals surface area contributed by atoms with E-state index in [0.29, 0.717) is 0 Å². The molecule has 19 heavy (non-hydrogen) atoms. The van der Waals surface area contributed by atoms with Crippen molar-refractivity contribution >= 4 is 17.0 Å². The Morgan fingerprint density at radius 1 is 0.947 bits per heavy atom. The van der Waals surface area contributed by atoms with Gasteiger partial charge >= 0.3 is 0 Å². The molecule has 0 amide bonds. The fourth-order valence-corrected chi connectivity index (χ4v) is 2.42. The molecule has 94 valence electrons. The maximum atomic E-state index is 5.79. The number of hydrogen-bond acceptors (Lipinski definition) is 1. The molecule has 0 bridgehead atoms. The topological polar surface area (TPSA) is 13.1 Å². The third-order valence-corrected chi connectivity index (χ3v) is 3.35. The highest BCUT2D eigenvalue weighted by Gasteiger charge is 2.09. The lowest BCUT2D eigenvalue weighted by atomic mass is 10.0. The molecule has 0 aliphatic heterocycles. The SMILES string of the molecule is C/C=C\c1c(C)oc2ccc(-c3ccccc3)cc12. The lowest BCUT2D eigenvalue weighted by Crippen LogP contribution is -1.78. The first-order valence-electron chi connectivity index (χ1n) is 6.51.